The molecule has 0 unspecified atom stereocenters. The van der Waals surface area contributed by atoms with E-state index in [1.807, 2.05) is 6.07 Å². The van der Waals surface area contributed by atoms with E-state index in [2.05, 4.69) is 4.98 Å². The van der Waals surface area contributed by atoms with Crippen LogP contribution in [0.4, 0.5) is 0 Å². The van der Waals surface area contributed by atoms with Crippen LogP contribution in [0.1, 0.15) is 22.5 Å². The summed E-state index contributed by atoms with van der Waals surface area (Å²) in [5.74, 6) is -0.944. The minimum Gasteiger partial charge on any atom is -0.478 e. The number of hydrogen-bond acceptors (Lipinski definition) is 3. The average molecular weight is 231 g/mol. The van der Waals surface area contributed by atoms with Gasteiger partial charge in [0.05, 0.1) is 11.1 Å². The fourth-order valence-electron chi connectivity index (χ4n) is 1.78. The minimum atomic E-state index is -0.944. The Morgan fingerprint density at radius 3 is 2.76 bits per heavy atom. The SMILES string of the molecule is O=C(O)c1cccc2nc(CCCO)ccc12. The van der Waals surface area contributed by atoms with E-state index in [4.69, 9.17) is 10.2 Å². The van der Waals surface area contributed by atoms with E-state index in [1.165, 1.54) is 0 Å². The van der Waals surface area contributed by atoms with Crippen LogP contribution in [0.3, 0.4) is 0 Å². The van der Waals surface area contributed by atoms with Gasteiger partial charge in [-0.15, -0.1) is 0 Å². The summed E-state index contributed by atoms with van der Waals surface area (Å²) in [5.41, 5.74) is 1.82. The normalized spacial score (nSPS) is 10.6. The third kappa shape index (κ3) is 2.42. The molecular weight excluding hydrogens is 218 g/mol. The van der Waals surface area contributed by atoms with Gasteiger partial charge in [-0.05, 0) is 31.0 Å². The van der Waals surface area contributed by atoms with Crippen molar-refractivity contribution in [3.63, 3.8) is 0 Å². The minimum absolute atomic E-state index is 0.134. The van der Waals surface area contributed by atoms with Crippen LogP contribution >= 0.6 is 0 Å². The van der Waals surface area contributed by atoms with Crippen LogP contribution in [0.5, 0.6) is 0 Å². The first-order chi connectivity index (χ1) is 8.22. The number of aromatic carboxylic acids is 1. The number of carbonyl (C=O) groups is 1. The monoisotopic (exact) mass is 231 g/mol. The van der Waals surface area contributed by atoms with Gasteiger partial charge in [-0.3, -0.25) is 4.98 Å². The summed E-state index contributed by atoms with van der Waals surface area (Å²) in [6, 6.07) is 8.64. The van der Waals surface area contributed by atoms with Crippen molar-refractivity contribution in [2.24, 2.45) is 0 Å². The van der Waals surface area contributed by atoms with Gasteiger partial charge in [0, 0.05) is 17.7 Å². The Balaban J connectivity index is 2.45. The molecule has 2 N–H and O–H groups in total. The third-order valence-corrected chi connectivity index (χ3v) is 2.61. The Morgan fingerprint density at radius 2 is 2.06 bits per heavy atom. The first kappa shape index (κ1) is 11.5. The molecule has 0 radical (unpaired) electrons. The standard InChI is InChI=1S/C13H13NO3/c15-8-2-3-9-6-7-10-11(13(16)17)4-1-5-12(10)14-9/h1,4-7,15H,2-3,8H2,(H,16,17). The number of fused-ring (bicyclic) bond motifs is 1. The average Bonchev–Trinajstić information content (AvgIpc) is 2.35. The number of hydrogen-bond donors (Lipinski definition) is 2. The number of carboxylic acids is 1. The second-order valence-electron chi connectivity index (χ2n) is 3.81. The Morgan fingerprint density at radius 1 is 1.24 bits per heavy atom. The number of rotatable bonds is 4. The first-order valence-electron chi connectivity index (χ1n) is 5.45. The molecule has 0 atom stereocenters. The van der Waals surface area contributed by atoms with E-state index in [9.17, 15) is 4.79 Å². The second kappa shape index (κ2) is 4.93. The van der Waals surface area contributed by atoms with Gasteiger partial charge in [0.2, 0.25) is 0 Å². The molecule has 4 heteroatoms. The van der Waals surface area contributed by atoms with Gasteiger partial charge < -0.3 is 10.2 Å². The summed E-state index contributed by atoms with van der Waals surface area (Å²) < 4.78 is 0. The molecule has 0 bridgehead atoms. The van der Waals surface area contributed by atoms with E-state index in [0.717, 1.165) is 5.69 Å². The molecule has 0 spiro atoms. The fraction of sp³-hybridized carbons (Fsp3) is 0.231. The van der Waals surface area contributed by atoms with E-state index in [-0.39, 0.29) is 12.2 Å². The van der Waals surface area contributed by atoms with Gasteiger partial charge >= 0.3 is 5.97 Å². The van der Waals surface area contributed by atoms with Crippen molar-refractivity contribution in [3.8, 4) is 0 Å². The molecule has 0 fully saturated rings. The van der Waals surface area contributed by atoms with Crippen LogP contribution in [0.2, 0.25) is 0 Å². The number of carboxylic acid groups (broad SMARTS) is 1. The Bertz CT molecular complexity index is 551. The maximum atomic E-state index is 11.0. The van der Waals surface area contributed by atoms with Gasteiger partial charge in [-0.25, -0.2) is 4.79 Å². The van der Waals surface area contributed by atoms with Crippen molar-refractivity contribution in [2.45, 2.75) is 12.8 Å². The number of aryl methyl sites for hydroxylation is 1. The number of aromatic nitrogens is 1. The zero-order chi connectivity index (χ0) is 12.3. The molecule has 4 nitrogen and oxygen atoms in total. The highest BCUT2D eigenvalue weighted by Gasteiger charge is 2.08. The van der Waals surface area contributed by atoms with Gasteiger partial charge in [0.25, 0.3) is 0 Å². The highest BCUT2D eigenvalue weighted by Crippen LogP contribution is 2.18. The molecule has 17 heavy (non-hydrogen) atoms. The molecule has 88 valence electrons. The number of aliphatic hydroxyl groups is 1. The molecule has 2 rings (SSSR count). The van der Waals surface area contributed by atoms with E-state index in [0.29, 0.717) is 23.7 Å². The highest BCUT2D eigenvalue weighted by atomic mass is 16.4. The van der Waals surface area contributed by atoms with E-state index >= 15 is 0 Å². The summed E-state index contributed by atoms with van der Waals surface area (Å²) in [6.07, 6.45) is 1.36. The molecule has 1 aromatic carbocycles. The molecule has 0 aliphatic rings. The van der Waals surface area contributed by atoms with Crippen molar-refractivity contribution in [2.75, 3.05) is 6.61 Å². The summed E-state index contributed by atoms with van der Waals surface area (Å²) in [7, 11) is 0. The number of benzene rings is 1. The lowest BCUT2D eigenvalue weighted by Gasteiger charge is -2.04. The predicted octanol–water partition coefficient (Wildman–Crippen LogP) is 1.86. The van der Waals surface area contributed by atoms with Crippen molar-refractivity contribution in [1.29, 1.82) is 0 Å². The molecule has 2 aromatic rings. The quantitative estimate of drug-likeness (QED) is 0.842. The van der Waals surface area contributed by atoms with Crippen LogP contribution in [0.15, 0.2) is 30.3 Å². The van der Waals surface area contributed by atoms with Crippen molar-refractivity contribution in [3.05, 3.63) is 41.6 Å². The lowest BCUT2D eigenvalue weighted by atomic mass is 10.1. The number of nitrogens with zero attached hydrogens (tertiary/aromatic N) is 1. The van der Waals surface area contributed by atoms with Crippen molar-refractivity contribution >= 4 is 16.9 Å². The third-order valence-electron chi connectivity index (χ3n) is 2.61. The molecule has 1 heterocycles. The molecule has 0 aliphatic carbocycles. The van der Waals surface area contributed by atoms with Crippen molar-refractivity contribution < 1.29 is 15.0 Å². The number of pyridine rings is 1. The zero-order valence-electron chi connectivity index (χ0n) is 9.26. The smallest absolute Gasteiger partial charge is 0.336 e. The summed E-state index contributed by atoms with van der Waals surface area (Å²) in [5, 5.41) is 18.4. The Hall–Kier alpha value is -1.94. The predicted molar refractivity (Wildman–Crippen MR) is 64.1 cm³/mol. The van der Waals surface area contributed by atoms with Gasteiger partial charge in [0.1, 0.15) is 0 Å². The summed E-state index contributed by atoms with van der Waals surface area (Å²) in [4.78, 5) is 15.4. The molecular formula is C13H13NO3. The fourth-order valence-corrected chi connectivity index (χ4v) is 1.78. The molecule has 0 saturated carbocycles. The second-order valence-corrected chi connectivity index (χ2v) is 3.81. The van der Waals surface area contributed by atoms with Crippen molar-refractivity contribution in [1.82, 2.24) is 4.98 Å². The highest BCUT2D eigenvalue weighted by molar-refractivity contribution is 6.02. The van der Waals surface area contributed by atoms with Crippen LogP contribution in [-0.4, -0.2) is 27.8 Å². The Kier molecular flexibility index (Phi) is 3.35. The van der Waals surface area contributed by atoms with E-state index < -0.39 is 5.97 Å². The summed E-state index contributed by atoms with van der Waals surface area (Å²) >= 11 is 0. The van der Waals surface area contributed by atoms with E-state index in [1.54, 1.807) is 24.3 Å². The van der Waals surface area contributed by atoms with Crippen LogP contribution in [0, 0.1) is 0 Å². The van der Waals surface area contributed by atoms with Gasteiger partial charge in [0.15, 0.2) is 0 Å². The molecule has 0 saturated heterocycles. The lowest BCUT2D eigenvalue weighted by Crippen LogP contribution is -1.99. The molecule has 1 aromatic heterocycles. The maximum absolute atomic E-state index is 11.0. The summed E-state index contributed by atoms with van der Waals surface area (Å²) in [6.45, 7) is 0.134. The molecule has 0 aliphatic heterocycles. The topological polar surface area (TPSA) is 70.4 Å². The maximum Gasteiger partial charge on any atom is 0.336 e. The van der Waals surface area contributed by atoms with Crippen LogP contribution < -0.4 is 0 Å². The van der Waals surface area contributed by atoms with Gasteiger partial charge in [-0.2, -0.15) is 0 Å². The van der Waals surface area contributed by atoms with Gasteiger partial charge in [-0.1, -0.05) is 12.1 Å². The largest absolute Gasteiger partial charge is 0.478 e. The first-order valence-corrected chi connectivity index (χ1v) is 5.45. The molecule has 0 amide bonds. The van der Waals surface area contributed by atoms with Crippen LogP contribution in [0.25, 0.3) is 10.9 Å². The zero-order valence-corrected chi connectivity index (χ0v) is 9.26. The number of aliphatic hydroxyl groups excluding tert-OH is 1. The lowest BCUT2D eigenvalue weighted by molar-refractivity contribution is 0.0699. The Labute approximate surface area is 98.5 Å². The van der Waals surface area contributed by atoms with Crippen LogP contribution in [-0.2, 0) is 6.42 Å².